The molecular formula is C27H51N. The molecule has 0 spiro atoms. The van der Waals surface area contributed by atoms with Crippen molar-refractivity contribution in [2.75, 3.05) is 5.73 Å². The van der Waals surface area contributed by atoms with Crippen LogP contribution in [0.15, 0.2) is 47.6 Å². The van der Waals surface area contributed by atoms with Gasteiger partial charge in [-0.25, -0.2) is 0 Å². The quantitative estimate of drug-likeness (QED) is 0.280. The average Bonchev–Trinajstić information content (AvgIpc) is 2.63. The summed E-state index contributed by atoms with van der Waals surface area (Å²) in [6.07, 6.45) is 12.1. The first-order chi connectivity index (χ1) is 13.2. The average molecular weight is 390 g/mol. The molecule has 0 saturated carbocycles. The van der Waals surface area contributed by atoms with Gasteiger partial charge in [0.15, 0.2) is 0 Å². The third kappa shape index (κ3) is 29.3. The molecule has 28 heavy (non-hydrogen) atoms. The molecule has 0 aliphatic carbocycles. The summed E-state index contributed by atoms with van der Waals surface area (Å²) in [6.45, 7) is 21.3. The summed E-state index contributed by atoms with van der Waals surface area (Å²) in [5, 5.41) is 0. The van der Waals surface area contributed by atoms with Crippen LogP contribution in [-0.4, -0.2) is 0 Å². The van der Waals surface area contributed by atoms with Crippen LogP contribution in [-0.2, 0) is 6.42 Å². The number of aryl methyl sites for hydroxylation is 1. The van der Waals surface area contributed by atoms with E-state index in [0.717, 1.165) is 5.69 Å². The number of nitrogens with two attached hydrogens (primary N) is 1. The topological polar surface area (TPSA) is 26.0 Å². The molecule has 0 atom stereocenters. The summed E-state index contributed by atoms with van der Waals surface area (Å²) >= 11 is 0. The first-order valence-electron chi connectivity index (χ1n) is 11.4. The number of unbranched alkanes of at least 4 members (excludes halogenated alkanes) is 3. The SMILES string of the molecule is CC.CC(C)=CC(C)C.CCCC=C(C)C.CCCCCc1ccc(N)cc1. The maximum absolute atomic E-state index is 5.58. The van der Waals surface area contributed by atoms with Crippen LogP contribution >= 0.6 is 0 Å². The Hall–Kier alpha value is -1.50. The molecular weight excluding hydrogens is 338 g/mol. The molecule has 0 bridgehead atoms. The molecule has 1 nitrogen and oxygen atoms in total. The number of hydrogen-bond acceptors (Lipinski definition) is 1. The molecule has 0 aromatic heterocycles. The molecule has 1 aromatic rings. The van der Waals surface area contributed by atoms with Crippen LogP contribution in [0, 0.1) is 5.92 Å². The molecule has 0 unspecified atom stereocenters. The van der Waals surface area contributed by atoms with E-state index in [1.807, 2.05) is 26.0 Å². The molecule has 0 heterocycles. The largest absolute Gasteiger partial charge is 0.399 e. The lowest BCUT2D eigenvalue weighted by atomic mass is 10.1. The van der Waals surface area contributed by atoms with Crippen LogP contribution < -0.4 is 5.73 Å². The fraction of sp³-hybridized carbons (Fsp3) is 0.630. The maximum Gasteiger partial charge on any atom is 0.0314 e. The van der Waals surface area contributed by atoms with E-state index >= 15 is 0 Å². The summed E-state index contributed by atoms with van der Waals surface area (Å²) in [6, 6.07) is 8.18. The van der Waals surface area contributed by atoms with Gasteiger partial charge in [-0.3, -0.25) is 0 Å². The number of nitrogen functional groups attached to an aromatic ring is 1. The highest BCUT2D eigenvalue weighted by atomic mass is 14.5. The molecule has 2 N–H and O–H groups in total. The molecule has 1 rings (SSSR count). The van der Waals surface area contributed by atoms with E-state index in [0.29, 0.717) is 5.92 Å². The third-order valence-corrected chi connectivity index (χ3v) is 3.56. The summed E-state index contributed by atoms with van der Waals surface area (Å²) < 4.78 is 0. The normalized spacial score (nSPS) is 8.96. The summed E-state index contributed by atoms with van der Waals surface area (Å²) in [5.41, 5.74) is 10.7. The highest BCUT2D eigenvalue weighted by molar-refractivity contribution is 5.39. The first-order valence-corrected chi connectivity index (χ1v) is 11.4. The second kappa shape index (κ2) is 23.5. The number of benzene rings is 1. The van der Waals surface area contributed by atoms with Gasteiger partial charge in [-0.15, -0.1) is 0 Å². The van der Waals surface area contributed by atoms with Gasteiger partial charge in [-0.2, -0.15) is 0 Å². The standard InChI is InChI=1S/C11H17N.2C7H14.C2H6/c1-2-3-4-5-10-6-8-11(12)9-7-10;1-6(2)5-7(3)4;1-4-5-6-7(2)3;1-2/h6-9H,2-5,12H2,1H3;5-6H,1-4H3;6H,4-5H2,1-3H3;1-2H3. The van der Waals surface area contributed by atoms with E-state index in [-0.39, 0.29) is 0 Å². The van der Waals surface area contributed by atoms with E-state index in [1.54, 1.807) is 0 Å². The maximum atomic E-state index is 5.58. The first kappa shape index (κ1) is 31.2. The molecule has 0 aliphatic rings. The predicted octanol–water partition coefficient (Wildman–Crippen LogP) is 9.39. The third-order valence-electron chi connectivity index (χ3n) is 3.56. The zero-order valence-electron chi connectivity index (χ0n) is 20.9. The van der Waals surface area contributed by atoms with E-state index in [2.05, 4.69) is 79.7 Å². The predicted molar refractivity (Wildman–Crippen MR) is 134 cm³/mol. The van der Waals surface area contributed by atoms with Crippen molar-refractivity contribution in [2.45, 2.75) is 108 Å². The molecule has 1 heteroatoms. The number of hydrogen-bond donors (Lipinski definition) is 1. The zero-order valence-corrected chi connectivity index (χ0v) is 20.9. The smallest absolute Gasteiger partial charge is 0.0314 e. The fourth-order valence-electron chi connectivity index (χ4n) is 2.36. The molecule has 164 valence electrons. The zero-order chi connectivity index (χ0) is 22.4. The van der Waals surface area contributed by atoms with E-state index < -0.39 is 0 Å². The van der Waals surface area contributed by atoms with Crippen molar-refractivity contribution < 1.29 is 0 Å². The minimum absolute atomic E-state index is 0.713. The summed E-state index contributed by atoms with van der Waals surface area (Å²) in [5.74, 6) is 0.713. The van der Waals surface area contributed by atoms with Gasteiger partial charge < -0.3 is 5.73 Å². The van der Waals surface area contributed by atoms with Crippen LogP contribution in [0.1, 0.15) is 107 Å². The van der Waals surface area contributed by atoms with E-state index in [1.165, 1.54) is 55.2 Å². The minimum atomic E-state index is 0.713. The van der Waals surface area contributed by atoms with Gasteiger partial charge in [-0.05, 0) is 70.6 Å². The van der Waals surface area contributed by atoms with E-state index in [4.69, 9.17) is 5.73 Å². The van der Waals surface area contributed by atoms with Gasteiger partial charge in [0.1, 0.15) is 0 Å². The van der Waals surface area contributed by atoms with Gasteiger partial charge in [-0.1, -0.05) is 96.2 Å². The van der Waals surface area contributed by atoms with Crippen LogP contribution in [0.4, 0.5) is 5.69 Å². The molecule has 0 saturated heterocycles. The molecule has 0 fully saturated rings. The van der Waals surface area contributed by atoms with Gasteiger partial charge in [0.2, 0.25) is 0 Å². The number of anilines is 1. The van der Waals surface area contributed by atoms with Gasteiger partial charge in [0.25, 0.3) is 0 Å². The van der Waals surface area contributed by atoms with Crippen molar-refractivity contribution in [1.29, 1.82) is 0 Å². The van der Waals surface area contributed by atoms with Crippen LogP contribution in [0.3, 0.4) is 0 Å². The van der Waals surface area contributed by atoms with Crippen molar-refractivity contribution in [2.24, 2.45) is 5.92 Å². The van der Waals surface area contributed by atoms with Crippen molar-refractivity contribution in [3.63, 3.8) is 0 Å². The second-order valence-electron chi connectivity index (χ2n) is 7.76. The van der Waals surface area contributed by atoms with Crippen LogP contribution in [0.25, 0.3) is 0 Å². The number of allylic oxidation sites excluding steroid dienone is 4. The Morgan fingerprint density at radius 2 is 1.39 bits per heavy atom. The van der Waals surface area contributed by atoms with Crippen LogP contribution in [0.2, 0.25) is 0 Å². The molecule has 1 aromatic carbocycles. The highest BCUT2D eigenvalue weighted by Gasteiger charge is 1.91. The number of rotatable bonds is 7. The molecule has 0 aliphatic heterocycles. The molecule has 0 amide bonds. The Bertz CT molecular complexity index is 469. The Labute approximate surface area is 178 Å². The van der Waals surface area contributed by atoms with Gasteiger partial charge in [0, 0.05) is 5.69 Å². The highest BCUT2D eigenvalue weighted by Crippen LogP contribution is 2.09. The lowest BCUT2D eigenvalue weighted by molar-refractivity contribution is 0.717. The monoisotopic (exact) mass is 389 g/mol. The minimum Gasteiger partial charge on any atom is -0.399 e. The Morgan fingerprint density at radius 3 is 1.68 bits per heavy atom. The van der Waals surface area contributed by atoms with Crippen molar-refractivity contribution in [1.82, 2.24) is 0 Å². The lowest BCUT2D eigenvalue weighted by Gasteiger charge is -2.00. The molecule has 0 radical (unpaired) electrons. The Kier molecular flexibility index (Phi) is 26.2. The summed E-state index contributed by atoms with van der Waals surface area (Å²) in [7, 11) is 0. The van der Waals surface area contributed by atoms with E-state index in [9.17, 15) is 0 Å². The van der Waals surface area contributed by atoms with Crippen molar-refractivity contribution >= 4 is 5.69 Å². The fourth-order valence-corrected chi connectivity index (χ4v) is 2.36. The lowest BCUT2D eigenvalue weighted by Crippen LogP contribution is -1.87. The Morgan fingerprint density at radius 1 is 0.857 bits per heavy atom. The van der Waals surface area contributed by atoms with Crippen LogP contribution in [0.5, 0.6) is 0 Å². The van der Waals surface area contributed by atoms with Crippen molar-refractivity contribution in [3.8, 4) is 0 Å². The second-order valence-corrected chi connectivity index (χ2v) is 7.76. The van der Waals surface area contributed by atoms with Gasteiger partial charge in [0.05, 0.1) is 0 Å². The van der Waals surface area contributed by atoms with Gasteiger partial charge >= 0.3 is 0 Å². The Balaban J connectivity index is -0.000000340. The van der Waals surface area contributed by atoms with Crippen molar-refractivity contribution in [3.05, 3.63) is 53.1 Å². The summed E-state index contributed by atoms with van der Waals surface area (Å²) in [4.78, 5) is 0.